The van der Waals surface area contributed by atoms with Crippen LogP contribution in [0.1, 0.15) is 34.6 Å². The highest BCUT2D eigenvalue weighted by Gasteiger charge is 2.19. The molecule has 5 nitrogen and oxygen atoms in total. The van der Waals surface area contributed by atoms with Gasteiger partial charge in [-0.1, -0.05) is 13.8 Å². The summed E-state index contributed by atoms with van der Waals surface area (Å²) in [6, 6.07) is 0. The van der Waals surface area contributed by atoms with Gasteiger partial charge in [0.2, 0.25) is 5.91 Å². The van der Waals surface area contributed by atoms with Crippen molar-refractivity contribution >= 4 is 11.9 Å². The lowest BCUT2D eigenvalue weighted by Gasteiger charge is -2.25. The van der Waals surface area contributed by atoms with Gasteiger partial charge in [0.05, 0.1) is 12.5 Å². The van der Waals surface area contributed by atoms with Crippen LogP contribution in [0.25, 0.3) is 0 Å². The number of nitrogens with zero attached hydrogens (tertiary/aromatic N) is 1. The maximum absolute atomic E-state index is 11.7. The zero-order valence-corrected chi connectivity index (χ0v) is 11.4. The van der Waals surface area contributed by atoms with Gasteiger partial charge in [-0.3, -0.25) is 14.5 Å². The molecule has 17 heavy (non-hydrogen) atoms. The maximum atomic E-state index is 11.7. The van der Waals surface area contributed by atoms with Crippen LogP contribution in [0.2, 0.25) is 0 Å². The molecule has 0 saturated carbocycles. The van der Waals surface area contributed by atoms with Crippen LogP contribution in [0.5, 0.6) is 0 Å². The fourth-order valence-corrected chi connectivity index (χ4v) is 1.43. The highest BCUT2D eigenvalue weighted by atomic mass is 16.4. The molecule has 5 heteroatoms. The first-order chi connectivity index (χ1) is 7.65. The molecular formula is C12H24N2O3. The van der Waals surface area contributed by atoms with Crippen molar-refractivity contribution in [1.29, 1.82) is 0 Å². The average molecular weight is 244 g/mol. The molecule has 1 atom stereocenters. The van der Waals surface area contributed by atoms with E-state index in [-0.39, 0.29) is 18.0 Å². The van der Waals surface area contributed by atoms with E-state index in [9.17, 15) is 9.59 Å². The molecule has 0 aliphatic rings. The normalized spacial score (nSPS) is 13.5. The molecule has 0 aromatic rings. The molecule has 100 valence electrons. The van der Waals surface area contributed by atoms with E-state index >= 15 is 0 Å². The molecule has 0 aliphatic heterocycles. The van der Waals surface area contributed by atoms with Gasteiger partial charge in [-0.05, 0) is 27.3 Å². The number of aliphatic carboxylic acids is 1. The molecule has 1 unspecified atom stereocenters. The lowest BCUT2D eigenvalue weighted by atomic mass is 10.1. The number of rotatable bonds is 6. The van der Waals surface area contributed by atoms with Crippen LogP contribution in [-0.4, -0.2) is 47.1 Å². The van der Waals surface area contributed by atoms with Crippen LogP contribution >= 0.6 is 0 Å². The van der Waals surface area contributed by atoms with Crippen LogP contribution in [0.4, 0.5) is 0 Å². The predicted molar refractivity (Wildman–Crippen MR) is 66.8 cm³/mol. The van der Waals surface area contributed by atoms with Gasteiger partial charge in [0, 0.05) is 12.1 Å². The van der Waals surface area contributed by atoms with Crippen LogP contribution in [0.3, 0.4) is 0 Å². The zero-order valence-electron chi connectivity index (χ0n) is 11.4. The number of hydrogen-bond acceptors (Lipinski definition) is 3. The first kappa shape index (κ1) is 15.9. The summed E-state index contributed by atoms with van der Waals surface area (Å²) >= 11 is 0. The fraction of sp³-hybridized carbons (Fsp3) is 0.833. The van der Waals surface area contributed by atoms with E-state index in [0.29, 0.717) is 13.1 Å². The zero-order chi connectivity index (χ0) is 13.6. The molecule has 1 amide bonds. The minimum absolute atomic E-state index is 0.0723. The van der Waals surface area contributed by atoms with Gasteiger partial charge in [-0.2, -0.15) is 0 Å². The average Bonchev–Trinajstić information content (AvgIpc) is 2.13. The molecule has 0 aliphatic carbocycles. The third-order valence-electron chi connectivity index (χ3n) is 2.28. The highest BCUT2D eigenvalue weighted by molar-refractivity contribution is 5.78. The summed E-state index contributed by atoms with van der Waals surface area (Å²) in [5, 5.41) is 11.7. The Morgan fingerprint density at radius 1 is 1.35 bits per heavy atom. The molecule has 0 aromatic carbocycles. The Hall–Kier alpha value is -1.10. The SMILES string of the molecule is CCN(CC(=O)NC(C)(C)C)CC(C)C(=O)O. The van der Waals surface area contributed by atoms with Crippen LogP contribution in [-0.2, 0) is 9.59 Å². The van der Waals surface area contributed by atoms with Gasteiger partial charge in [0.25, 0.3) is 0 Å². The van der Waals surface area contributed by atoms with E-state index in [1.807, 2.05) is 32.6 Å². The van der Waals surface area contributed by atoms with Crippen LogP contribution < -0.4 is 5.32 Å². The van der Waals surface area contributed by atoms with Gasteiger partial charge in [0.1, 0.15) is 0 Å². The van der Waals surface area contributed by atoms with Crippen molar-refractivity contribution in [1.82, 2.24) is 10.2 Å². The predicted octanol–water partition coefficient (Wildman–Crippen LogP) is 0.944. The standard InChI is InChI=1S/C12H24N2O3/c1-6-14(7-9(2)11(16)17)8-10(15)13-12(3,4)5/h9H,6-8H2,1-5H3,(H,13,15)(H,16,17). The van der Waals surface area contributed by atoms with Gasteiger partial charge >= 0.3 is 5.97 Å². The maximum Gasteiger partial charge on any atom is 0.307 e. The molecule has 0 aromatic heterocycles. The fourth-order valence-electron chi connectivity index (χ4n) is 1.43. The summed E-state index contributed by atoms with van der Waals surface area (Å²) in [4.78, 5) is 24.3. The van der Waals surface area contributed by atoms with E-state index < -0.39 is 11.9 Å². The van der Waals surface area contributed by atoms with Gasteiger partial charge in [-0.15, -0.1) is 0 Å². The Balaban J connectivity index is 4.22. The number of carbonyl (C=O) groups is 2. The number of amides is 1. The topological polar surface area (TPSA) is 69.6 Å². The first-order valence-corrected chi connectivity index (χ1v) is 5.92. The quantitative estimate of drug-likeness (QED) is 0.729. The van der Waals surface area contributed by atoms with Crippen molar-refractivity contribution < 1.29 is 14.7 Å². The third kappa shape index (κ3) is 7.74. The molecular weight excluding hydrogens is 220 g/mol. The van der Waals surface area contributed by atoms with Gasteiger partial charge < -0.3 is 10.4 Å². The molecule has 0 spiro atoms. The summed E-state index contributed by atoms with van der Waals surface area (Å²) in [5.41, 5.74) is -0.255. The minimum atomic E-state index is -0.834. The third-order valence-corrected chi connectivity index (χ3v) is 2.28. The van der Waals surface area contributed by atoms with Crippen LogP contribution in [0.15, 0.2) is 0 Å². The molecule has 2 N–H and O–H groups in total. The van der Waals surface area contributed by atoms with Gasteiger partial charge in [-0.25, -0.2) is 0 Å². The van der Waals surface area contributed by atoms with E-state index in [1.54, 1.807) is 6.92 Å². The second-order valence-electron chi connectivity index (χ2n) is 5.37. The van der Waals surface area contributed by atoms with E-state index in [1.165, 1.54) is 0 Å². The summed E-state index contributed by atoms with van der Waals surface area (Å²) in [6.45, 7) is 10.6. The lowest BCUT2D eigenvalue weighted by Crippen LogP contribution is -2.47. The molecule has 0 radical (unpaired) electrons. The van der Waals surface area contributed by atoms with Crippen molar-refractivity contribution in [3.05, 3.63) is 0 Å². The number of likely N-dealkylation sites (N-methyl/N-ethyl adjacent to an activating group) is 1. The molecule has 0 fully saturated rings. The second kappa shape index (κ2) is 6.59. The molecule has 0 saturated heterocycles. The van der Waals surface area contributed by atoms with Crippen LogP contribution in [0, 0.1) is 5.92 Å². The van der Waals surface area contributed by atoms with E-state index in [2.05, 4.69) is 5.32 Å². The number of hydrogen-bond donors (Lipinski definition) is 2. The Labute approximate surface area is 103 Å². The number of nitrogens with one attached hydrogen (secondary N) is 1. The Morgan fingerprint density at radius 2 is 1.88 bits per heavy atom. The van der Waals surface area contributed by atoms with Gasteiger partial charge in [0.15, 0.2) is 0 Å². The Morgan fingerprint density at radius 3 is 2.24 bits per heavy atom. The monoisotopic (exact) mass is 244 g/mol. The summed E-state index contributed by atoms with van der Waals surface area (Å²) in [5.74, 6) is -1.37. The molecule has 0 heterocycles. The summed E-state index contributed by atoms with van der Waals surface area (Å²) < 4.78 is 0. The summed E-state index contributed by atoms with van der Waals surface area (Å²) in [6.07, 6.45) is 0. The van der Waals surface area contributed by atoms with Crippen molar-refractivity contribution in [2.24, 2.45) is 5.92 Å². The number of carbonyl (C=O) groups excluding carboxylic acids is 1. The second-order valence-corrected chi connectivity index (χ2v) is 5.37. The Kier molecular flexibility index (Phi) is 6.16. The first-order valence-electron chi connectivity index (χ1n) is 5.92. The Bertz CT molecular complexity index is 271. The van der Waals surface area contributed by atoms with E-state index in [0.717, 1.165) is 0 Å². The smallest absolute Gasteiger partial charge is 0.307 e. The summed E-state index contributed by atoms with van der Waals surface area (Å²) in [7, 11) is 0. The number of carboxylic acid groups (broad SMARTS) is 1. The van der Waals surface area contributed by atoms with Crippen molar-refractivity contribution in [2.75, 3.05) is 19.6 Å². The van der Waals surface area contributed by atoms with Crippen molar-refractivity contribution in [2.45, 2.75) is 40.2 Å². The minimum Gasteiger partial charge on any atom is -0.481 e. The number of carboxylic acids is 1. The molecule has 0 bridgehead atoms. The largest absolute Gasteiger partial charge is 0.481 e. The lowest BCUT2D eigenvalue weighted by molar-refractivity contribution is -0.142. The van der Waals surface area contributed by atoms with E-state index in [4.69, 9.17) is 5.11 Å². The highest BCUT2D eigenvalue weighted by Crippen LogP contribution is 2.02. The molecule has 0 rings (SSSR count). The van der Waals surface area contributed by atoms with Crippen molar-refractivity contribution in [3.63, 3.8) is 0 Å². The van der Waals surface area contributed by atoms with Crippen molar-refractivity contribution in [3.8, 4) is 0 Å².